The molecule has 2 aliphatic rings. The molecule has 2 fully saturated rings. The van der Waals surface area contributed by atoms with Crippen LogP contribution < -0.4 is 15.5 Å². The summed E-state index contributed by atoms with van der Waals surface area (Å²) in [6, 6.07) is 5.31. The number of nitrogens with one attached hydrogen (secondary N) is 2. The lowest BCUT2D eigenvalue weighted by molar-refractivity contribution is -0.0855. The summed E-state index contributed by atoms with van der Waals surface area (Å²) in [6.07, 6.45) is 3.94. The van der Waals surface area contributed by atoms with E-state index in [0.29, 0.717) is 6.54 Å². The Hall–Kier alpha value is -1.13. The van der Waals surface area contributed by atoms with Gasteiger partial charge in [0.25, 0.3) is 0 Å². The third-order valence-corrected chi connectivity index (χ3v) is 5.90. The van der Waals surface area contributed by atoms with E-state index in [1.807, 2.05) is 13.0 Å². The number of halogens is 2. The average Bonchev–Trinajstić information content (AvgIpc) is 2.72. The van der Waals surface area contributed by atoms with E-state index in [-0.39, 0.29) is 41.4 Å². The molecule has 1 atom stereocenters. The number of hydrogen-bond donors (Lipinski definition) is 2. The van der Waals surface area contributed by atoms with Crippen molar-refractivity contribution in [1.82, 2.24) is 10.6 Å². The Balaban J connectivity index is 0.00000300. The van der Waals surface area contributed by atoms with Crippen molar-refractivity contribution in [3.63, 3.8) is 0 Å². The molecule has 0 aromatic heterocycles. The quantitative estimate of drug-likeness (QED) is 0.355. The second-order valence-corrected chi connectivity index (χ2v) is 7.79. The molecule has 6 nitrogen and oxygen atoms in total. The summed E-state index contributed by atoms with van der Waals surface area (Å²) >= 11 is 0. The van der Waals surface area contributed by atoms with E-state index < -0.39 is 0 Å². The largest absolute Gasteiger partial charge is 0.381 e. The van der Waals surface area contributed by atoms with E-state index in [2.05, 4.69) is 20.5 Å². The molecule has 29 heavy (non-hydrogen) atoms. The molecule has 1 aromatic carbocycles. The van der Waals surface area contributed by atoms with Crippen LogP contribution >= 0.6 is 24.0 Å². The molecule has 2 saturated heterocycles. The Morgan fingerprint density at radius 3 is 2.79 bits per heavy atom. The molecule has 2 N–H and O–H groups in total. The van der Waals surface area contributed by atoms with Crippen LogP contribution in [0.25, 0.3) is 0 Å². The van der Waals surface area contributed by atoms with Crippen LogP contribution in [0.3, 0.4) is 0 Å². The van der Waals surface area contributed by atoms with Gasteiger partial charge >= 0.3 is 0 Å². The summed E-state index contributed by atoms with van der Waals surface area (Å²) in [6.45, 7) is 6.00. The van der Waals surface area contributed by atoms with E-state index in [9.17, 15) is 4.39 Å². The number of methoxy groups -OCH3 is 1. The number of aryl methyl sites for hydroxylation is 1. The SMILES string of the molecule is CN=C(NCC1(OC)CCOCC1)NC1CCCN(c2ccc(F)cc2C)C1.I. The lowest BCUT2D eigenvalue weighted by atomic mass is 9.94. The number of rotatable bonds is 5. The topological polar surface area (TPSA) is 58.1 Å². The maximum absolute atomic E-state index is 13.4. The first-order chi connectivity index (χ1) is 13.5. The number of nitrogens with zero attached hydrogens (tertiary/aromatic N) is 2. The van der Waals surface area contributed by atoms with Gasteiger partial charge in [-0.3, -0.25) is 4.99 Å². The molecule has 0 bridgehead atoms. The van der Waals surface area contributed by atoms with Gasteiger partial charge in [0.2, 0.25) is 0 Å². The fourth-order valence-electron chi connectivity index (χ4n) is 4.12. The number of ether oxygens (including phenoxy) is 2. The van der Waals surface area contributed by atoms with Gasteiger partial charge < -0.3 is 25.0 Å². The number of guanidine groups is 1. The monoisotopic (exact) mass is 520 g/mol. The zero-order chi connectivity index (χ0) is 20.0. The second kappa shape index (κ2) is 11.3. The van der Waals surface area contributed by atoms with Gasteiger partial charge in [0.1, 0.15) is 5.82 Å². The maximum Gasteiger partial charge on any atom is 0.191 e. The van der Waals surface area contributed by atoms with Crippen LogP contribution in [0.5, 0.6) is 0 Å². The van der Waals surface area contributed by atoms with Crippen molar-refractivity contribution in [2.24, 2.45) is 4.99 Å². The molecular weight excluding hydrogens is 486 g/mol. The van der Waals surface area contributed by atoms with Gasteiger partial charge in [-0.05, 0) is 43.5 Å². The third kappa shape index (κ3) is 6.42. The van der Waals surface area contributed by atoms with Crippen molar-refractivity contribution in [3.8, 4) is 0 Å². The first kappa shape index (κ1) is 24.1. The van der Waals surface area contributed by atoms with Crippen LogP contribution in [0, 0.1) is 12.7 Å². The number of hydrogen-bond acceptors (Lipinski definition) is 4. The highest BCUT2D eigenvalue weighted by Crippen LogP contribution is 2.25. The molecule has 0 aliphatic carbocycles. The minimum Gasteiger partial charge on any atom is -0.381 e. The van der Waals surface area contributed by atoms with Crippen LogP contribution in [-0.2, 0) is 9.47 Å². The van der Waals surface area contributed by atoms with Crippen molar-refractivity contribution in [2.75, 3.05) is 51.9 Å². The first-order valence-corrected chi connectivity index (χ1v) is 10.2. The number of piperidine rings is 1. The minimum absolute atomic E-state index is 0. The van der Waals surface area contributed by atoms with Crippen LogP contribution in [-0.4, -0.2) is 64.6 Å². The molecule has 3 rings (SSSR count). The summed E-state index contributed by atoms with van der Waals surface area (Å²) in [4.78, 5) is 6.73. The zero-order valence-electron chi connectivity index (χ0n) is 17.7. The van der Waals surface area contributed by atoms with Gasteiger partial charge in [-0.25, -0.2) is 4.39 Å². The van der Waals surface area contributed by atoms with E-state index in [1.165, 1.54) is 6.07 Å². The van der Waals surface area contributed by atoms with Crippen molar-refractivity contribution in [1.29, 1.82) is 0 Å². The average molecular weight is 520 g/mol. The predicted octanol–water partition coefficient (Wildman–Crippen LogP) is 3.08. The highest BCUT2D eigenvalue weighted by Gasteiger charge is 2.33. The van der Waals surface area contributed by atoms with Crippen molar-refractivity contribution in [3.05, 3.63) is 29.6 Å². The van der Waals surface area contributed by atoms with Gasteiger partial charge in [-0.2, -0.15) is 0 Å². The highest BCUT2D eigenvalue weighted by molar-refractivity contribution is 14.0. The molecule has 2 heterocycles. The second-order valence-electron chi connectivity index (χ2n) is 7.79. The standard InChI is InChI=1S/C21H33FN4O2.HI/c1-16-13-17(22)6-7-19(16)26-10-4-5-18(14-26)25-20(23-2)24-15-21(27-3)8-11-28-12-9-21;/h6-7,13,18H,4-5,8-12,14-15H2,1-3H3,(H2,23,24,25);1H. The van der Waals surface area contributed by atoms with E-state index >= 15 is 0 Å². The third-order valence-electron chi connectivity index (χ3n) is 5.90. The zero-order valence-corrected chi connectivity index (χ0v) is 20.0. The molecule has 0 spiro atoms. The summed E-state index contributed by atoms with van der Waals surface area (Å²) < 4.78 is 24.7. The fourth-order valence-corrected chi connectivity index (χ4v) is 4.12. The van der Waals surface area contributed by atoms with E-state index in [0.717, 1.165) is 69.2 Å². The summed E-state index contributed by atoms with van der Waals surface area (Å²) in [5.41, 5.74) is 1.89. The lowest BCUT2D eigenvalue weighted by Gasteiger charge is -2.38. The van der Waals surface area contributed by atoms with Gasteiger partial charge in [-0.15, -0.1) is 24.0 Å². The maximum atomic E-state index is 13.4. The Labute approximate surface area is 190 Å². The van der Waals surface area contributed by atoms with E-state index in [4.69, 9.17) is 9.47 Å². The summed E-state index contributed by atoms with van der Waals surface area (Å²) in [5, 5.41) is 7.00. The molecule has 0 saturated carbocycles. The van der Waals surface area contributed by atoms with Crippen molar-refractivity contribution in [2.45, 2.75) is 44.2 Å². The smallest absolute Gasteiger partial charge is 0.191 e. The van der Waals surface area contributed by atoms with Gasteiger partial charge in [0.05, 0.1) is 5.60 Å². The Morgan fingerprint density at radius 1 is 1.38 bits per heavy atom. The molecular formula is C21H34FIN4O2. The lowest BCUT2D eigenvalue weighted by Crippen LogP contribution is -2.55. The minimum atomic E-state index is -0.195. The Morgan fingerprint density at radius 2 is 2.14 bits per heavy atom. The molecule has 1 aromatic rings. The molecule has 8 heteroatoms. The van der Waals surface area contributed by atoms with Crippen LogP contribution in [0.15, 0.2) is 23.2 Å². The van der Waals surface area contributed by atoms with Crippen molar-refractivity contribution >= 4 is 35.6 Å². The van der Waals surface area contributed by atoms with Gasteiger partial charge in [0.15, 0.2) is 5.96 Å². The number of aliphatic imine (C=N–C) groups is 1. The molecule has 2 aliphatic heterocycles. The molecule has 0 radical (unpaired) electrons. The summed E-state index contributed by atoms with van der Waals surface area (Å²) in [5.74, 6) is 0.614. The predicted molar refractivity (Wildman–Crippen MR) is 126 cm³/mol. The molecule has 164 valence electrons. The summed E-state index contributed by atoms with van der Waals surface area (Å²) in [7, 11) is 3.57. The van der Waals surface area contributed by atoms with Crippen LogP contribution in [0.2, 0.25) is 0 Å². The van der Waals surface area contributed by atoms with Gasteiger partial charge in [0, 0.05) is 71.6 Å². The molecule has 1 unspecified atom stereocenters. The number of anilines is 1. The highest BCUT2D eigenvalue weighted by atomic mass is 127. The normalized spacial score (nSPS) is 22.0. The Kier molecular flexibility index (Phi) is 9.42. The molecule has 0 amide bonds. The number of benzene rings is 1. The van der Waals surface area contributed by atoms with Crippen LogP contribution in [0.4, 0.5) is 10.1 Å². The fraction of sp³-hybridized carbons (Fsp3) is 0.667. The van der Waals surface area contributed by atoms with Crippen molar-refractivity contribution < 1.29 is 13.9 Å². The Bertz CT molecular complexity index is 683. The first-order valence-electron chi connectivity index (χ1n) is 10.2. The van der Waals surface area contributed by atoms with Gasteiger partial charge in [-0.1, -0.05) is 0 Å². The van der Waals surface area contributed by atoms with Crippen LogP contribution in [0.1, 0.15) is 31.2 Å². The van der Waals surface area contributed by atoms with E-state index in [1.54, 1.807) is 20.2 Å².